The van der Waals surface area contributed by atoms with Gasteiger partial charge in [-0.3, -0.25) is 25.0 Å². The molecule has 0 spiro atoms. The second kappa shape index (κ2) is 7.00. The Morgan fingerprint density at radius 2 is 1.89 bits per heavy atom. The molecule has 10 heteroatoms. The van der Waals surface area contributed by atoms with Crippen molar-refractivity contribution in [3.63, 3.8) is 0 Å². The van der Waals surface area contributed by atoms with Gasteiger partial charge in [0.1, 0.15) is 11.3 Å². The number of aromatic hydroxyl groups is 1. The fraction of sp³-hybridized carbons (Fsp3) is 0. The predicted octanol–water partition coefficient (Wildman–Crippen LogP) is 2.73. The summed E-state index contributed by atoms with van der Waals surface area (Å²) in [6.07, 6.45) is 1.13. The van der Waals surface area contributed by atoms with Gasteiger partial charge in [-0.25, -0.2) is 9.69 Å². The van der Waals surface area contributed by atoms with Gasteiger partial charge in [-0.2, -0.15) is 0 Å². The zero-order valence-corrected chi connectivity index (χ0v) is 15.0. The van der Waals surface area contributed by atoms with E-state index in [1.54, 1.807) is 6.07 Å². The van der Waals surface area contributed by atoms with Crippen molar-refractivity contribution in [2.24, 2.45) is 0 Å². The summed E-state index contributed by atoms with van der Waals surface area (Å²) in [6.45, 7) is 0. The van der Waals surface area contributed by atoms with Gasteiger partial charge in [0.15, 0.2) is 0 Å². The summed E-state index contributed by atoms with van der Waals surface area (Å²) in [5.41, 5.74) is -0.616. The van der Waals surface area contributed by atoms with Gasteiger partial charge in [-0.1, -0.05) is 22.0 Å². The molecular formula is C17H10BrN3O6. The van der Waals surface area contributed by atoms with E-state index in [0.29, 0.717) is 9.37 Å². The molecule has 2 aromatic carbocycles. The fourth-order valence-electron chi connectivity index (χ4n) is 2.43. The van der Waals surface area contributed by atoms with Crippen LogP contribution in [-0.4, -0.2) is 27.9 Å². The highest BCUT2D eigenvalue weighted by Crippen LogP contribution is 2.28. The highest BCUT2D eigenvalue weighted by molar-refractivity contribution is 9.10. The number of barbiturate groups is 1. The number of phenols is 1. The summed E-state index contributed by atoms with van der Waals surface area (Å²) >= 11 is 3.22. The molecule has 0 bridgehead atoms. The summed E-state index contributed by atoms with van der Waals surface area (Å²) in [6, 6.07) is 8.28. The van der Waals surface area contributed by atoms with Crippen LogP contribution in [0.3, 0.4) is 0 Å². The number of carbonyl (C=O) groups is 3. The number of phenolic OH excluding ortho intramolecular Hbond substituents is 1. The molecule has 0 saturated carbocycles. The Labute approximate surface area is 160 Å². The topological polar surface area (TPSA) is 130 Å². The first-order valence-corrected chi connectivity index (χ1v) is 8.21. The number of amides is 4. The van der Waals surface area contributed by atoms with E-state index in [9.17, 15) is 29.6 Å². The lowest BCUT2D eigenvalue weighted by Gasteiger charge is -2.26. The van der Waals surface area contributed by atoms with Gasteiger partial charge in [0.2, 0.25) is 0 Å². The molecule has 9 nitrogen and oxygen atoms in total. The van der Waals surface area contributed by atoms with Gasteiger partial charge in [0.25, 0.3) is 17.5 Å². The number of halogens is 1. The number of nitro groups is 1. The molecular weight excluding hydrogens is 422 g/mol. The molecule has 1 aliphatic rings. The van der Waals surface area contributed by atoms with Crippen molar-refractivity contribution in [3.8, 4) is 5.75 Å². The average Bonchev–Trinajstić information content (AvgIpc) is 2.61. The number of carbonyl (C=O) groups excluding carboxylic acids is 3. The van der Waals surface area contributed by atoms with Gasteiger partial charge in [0.05, 0.1) is 10.6 Å². The Hall–Kier alpha value is -3.53. The minimum absolute atomic E-state index is 0.0661. The van der Waals surface area contributed by atoms with Gasteiger partial charge in [-0.15, -0.1) is 0 Å². The van der Waals surface area contributed by atoms with Crippen molar-refractivity contribution < 1.29 is 24.4 Å². The van der Waals surface area contributed by atoms with E-state index in [2.05, 4.69) is 15.9 Å². The normalized spacial score (nSPS) is 15.8. The molecule has 27 heavy (non-hydrogen) atoms. The molecule has 2 aromatic rings. The summed E-state index contributed by atoms with van der Waals surface area (Å²) in [7, 11) is 0. The van der Waals surface area contributed by atoms with Crippen molar-refractivity contribution >= 4 is 51.2 Å². The number of urea groups is 1. The third-order valence-electron chi connectivity index (χ3n) is 3.69. The molecule has 4 amide bonds. The number of nitrogens with one attached hydrogen (secondary N) is 1. The molecule has 0 atom stereocenters. The minimum atomic E-state index is -1.03. The quantitative estimate of drug-likeness (QED) is 0.332. The number of hydrogen-bond donors (Lipinski definition) is 2. The summed E-state index contributed by atoms with van der Waals surface area (Å²) in [5, 5.41) is 22.8. The molecule has 1 fully saturated rings. The lowest BCUT2D eigenvalue weighted by Crippen LogP contribution is -2.54. The number of nitrogens with zero attached hydrogens (tertiary/aromatic N) is 2. The second-order valence-corrected chi connectivity index (χ2v) is 6.35. The Balaban J connectivity index is 2.06. The third kappa shape index (κ3) is 3.55. The number of non-ortho nitro benzene ring substituents is 1. The molecule has 1 saturated heterocycles. The summed E-state index contributed by atoms with van der Waals surface area (Å²) in [4.78, 5) is 47.9. The highest BCUT2D eigenvalue weighted by atomic mass is 79.9. The number of anilines is 1. The van der Waals surface area contributed by atoms with E-state index in [1.807, 2.05) is 5.32 Å². The highest BCUT2D eigenvalue weighted by Gasteiger charge is 2.37. The Kier molecular flexibility index (Phi) is 4.74. The number of benzene rings is 2. The molecule has 0 aliphatic carbocycles. The molecule has 2 N–H and O–H groups in total. The second-order valence-electron chi connectivity index (χ2n) is 5.44. The van der Waals surface area contributed by atoms with E-state index in [-0.39, 0.29) is 22.7 Å². The van der Waals surface area contributed by atoms with Crippen LogP contribution >= 0.6 is 15.9 Å². The van der Waals surface area contributed by atoms with Crippen molar-refractivity contribution in [1.82, 2.24) is 5.32 Å². The third-order valence-corrected chi connectivity index (χ3v) is 4.18. The summed E-state index contributed by atoms with van der Waals surface area (Å²) in [5.74, 6) is -2.08. The number of rotatable bonds is 3. The van der Waals surface area contributed by atoms with E-state index in [1.165, 1.54) is 30.3 Å². The molecule has 0 radical (unpaired) electrons. The SMILES string of the molecule is O=C1NC(=O)N(c2cccc([N+](=O)[O-])c2)C(=O)/C1=C/c1cc(Br)ccc1O. The van der Waals surface area contributed by atoms with Crippen molar-refractivity contribution in [3.05, 3.63) is 68.2 Å². The zero-order chi connectivity index (χ0) is 19.7. The largest absolute Gasteiger partial charge is 0.507 e. The van der Waals surface area contributed by atoms with E-state index in [0.717, 1.165) is 12.1 Å². The van der Waals surface area contributed by atoms with Crippen LogP contribution < -0.4 is 10.2 Å². The first-order chi connectivity index (χ1) is 12.8. The predicted molar refractivity (Wildman–Crippen MR) is 97.9 cm³/mol. The van der Waals surface area contributed by atoms with Gasteiger partial charge < -0.3 is 5.11 Å². The maximum Gasteiger partial charge on any atom is 0.335 e. The van der Waals surface area contributed by atoms with Crippen molar-refractivity contribution in [2.45, 2.75) is 0 Å². The molecule has 0 unspecified atom stereocenters. The molecule has 136 valence electrons. The first-order valence-electron chi connectivity index (χ1n) is 7.42. The lowest BCUT2D eigenvalue weighted by molar-refractivity contribution is -0.384. The number of imide groups is 2. The average molecular weight is 432 g/mol. The summed E-state index contributed by atoms with van der Waals surface area (Å²) < 4.78 is 0.599. The van der Waals surface area contributed by atoms with Gasteiger partial charge in [0, 0.05) is 22.2 Å². The van der Waals surface area contributed by atoms with E-state index in [4.69, 9.17) is 0 Å². The van der Waals surface area contributed by atoms with Crippen LogP contribution in [0.5, 0.6) is 5.75 Å². The zero-order valence-electron chi connectivity index (χ0n) is 13.4. The molecule has 1 aliphatic heterocycles. The number of hydrogen-bond acceptors (Lipinski definition) is 6. The monoisotopic (exact) mass is 431 g/mol. The van der Waals surface area contributed by atoms with Crippen LogP contribution in [0.25, 0.3) is 6.08 Å². The van der Waals surface area contributed by atoms with Crippen LogP contribution in [0.15, 0.2) is 52.5 Å². The Morgan fingerprint density at radius 1 is 1.15 bits per heavy atom. The minimum Gasteiger partial charge on any atom is -0.507 e. The molecule has 0 aromatic heterocycles. The van der Waals surface area contributed by atoms with E-state index < -0.39 is 28.3 Å². The maximum absolute atomic E-state index is 12.7. The van der Waals surface area contributed by atoms with E-state index >= 15 is 0 Å². The first kappa shape index (κ1) is 18.3. The van der Waals surface area contributed by atoms with Gasteiger partial charge in [-0.05, 0) is 30.3 Å². The molecule has 3 rings (SSSR count). The number of nitro benzene ring substituents is 1. The van der Waals surface area contributed by atoms with Crippen LogP contribution in [0.4, 0.5) is 16.2 Å². The fourth-order valence-corrected chi connectivity index (χ4v) is 2.81. The standard InChI is InChI=1S/C17H10BrN3O6/c18-10-4-5-14(22)9(6-10)7-13-15(23)19-17(25)20(16(13)24)11-2-1-3-12(8-11)21(26)27/h1-8,22H,(H,19,23,25)/b13-7+. The smallest absolute Gasteiger partial charge is 0.335 e. The Morgan fingerprint density at radius 3 is 2.59 bits per heavy atom. The van der Waals surface area contributed by atoms with Crippen LogP contribution in [0.1, 0.15) is 5.56 Å². The van der Waals surface area contributed by atoms with Crippen LogP contribution in [0.2, 0.25) is 0 Å². The van der Waals surface area contributed by atoms with Crippen LogP contribution in [0, 0.1) is 10.1 Å². The Bertz CT molecular complexity index is 1030. The maximum atomic E-state index is 12.7. The van der Waals surface area contributed by atoms with Crippen molar-refractivity contribution in [2.75, 3.05) is 4.90 Å². The lowest BCUT2D eigenvalue weighted by atomic mass is 10.1. The van der Waals surface area contributed by atoms with Gasteiger partial charge >= 0.3 is 6.03 Å². The van der Waals surface area contributed by atoms with Crippen LogP contribution in [-0.2, 0) is 9.59 Å². The van der Waals surface area contributed by atoms with Crippen molar-refractivity contribution in [1.29, 1.82) is 0 Å². The molecule has 1 heterocycles.